The van der Waals surface area contributed by atoms with Crippen LogP contribution in [0.4, 0.5) is 13.2 Å². The van der Waals surface area contributed by atoms with Gasteiger partial charge in [0, 0.05) is 24.0 Å². The summed E-state index contributed by atoms with van der Waals surface area (Å²) in [6.45, 7) is 2.56. The van der Waals surface area contributed by atoms with E-state index >= 15 is 0 Å². The molecule has 0 spiro atoms. The van der Waals surface area contributed by atoms with Crippen molar-refractivity contribution in [2.75, 3.05) is 0 Å². The van der Waals surface area contributed by atoms with Crippen LogP contribution in [0.3, 0.4) is 0 Å². The molecule has 0 amide bonds. The molecule has 0 radical (unpaired) electrons. The van der Waals surface area contributed by atoms with Gasteiger partial charge in [0.2, 0.25) is 10.0 Å². The Morgan fingerprint density at radius 2 is 1.97 bits per heavy atom. The number of halogens is 3. The molecule has 0 bridgehead atoms. The third-order valence-electron chi connectivity index (χ3n) is 4.78. The highest BCUT2D eigenvalue weighted by atomic mass is 32.2. The monoisotopic (exact) mass is 492 g/mol. The first-order chi connectivity index (χ1) is 15.5. The minimum atomic E-state index is -4.73. The van der Waals surface area contributed by atoms with Gasteiger partial charge in [-0.05, 0) is 37.6 Å². The highest BCUT2D eigenvalue weighted by Crippen LogP contribution is 2.35. The number of thiazole rings is 1. The van der Waals surface area contributed by atoms with Gasteiger partial charge in [0.1, 0.15) is 28.1 Å². The SMILES string of the molecule is Cc1cnc2c(C#N)c(-c3ccc(S(=O)(=O)N[C@@H](C)C(F)(F)F)cn3)n(-c3nccs3)c2c1. The van der Waals surface area contributed by atoms with Crippen LogP contribution in [0.2, 0.25) is 0 Å². The number of hydrogen-bond donors (Lipinski definition) is 1. The molecule has 8 nitrogen and oxygen atoms in total. The summed E-state index contributed by atoms with van der Waals surface area (Å²) >= 11 is 1.32. The van der Waals surface area contributed by atoms with Gasteiger partial charge in [-0.3, -0.25) is 14.5 Å². The zero-order chi connectivity index (χ0) is 24.0. The largest absolute Gasteiger partial charge is 0.404 e. The van der Waals surface area contributed by atoms with E-state index in [9.17, 15) is 26.9 Å². The van der Waals surface area contributed by atoms with E-state index in [0.717, 1.165) is 17.8 Å². The van der Waals surface area contributed by atoms with Crippen LogP contribution < -0.4 is 4.72 Å². The number of sulfonamides is 1. The van der Waals surface area contributed by atoms with Crippen LogP contribution in [0.25, 0.3) is 27.6 Å². The molecule has 1 N–H and O–H groups in total. The van der Waals surface area contributed by atoms with Crippen molar-refractivity contribution in [1.82, 2.24) is 24.2 Å². The summed E-state index contributed by atoms with van der Waals surface area (Å²) in [4.78, 5) is 12.4. The zero-order valence-electron chi connectivity index (χ0n) is 17.1. The van der Waals surface area contributed by atoms with Crippen molar-refractivity contribution in [3.8, 4) is 22.6 Å². The number of nitrogens with zero attached hydrogens (tertiary/aromatic N) is 5. The molecule has 0 aliphatic carbocycles. The molecule has 13 heteroatoms. The fourth-order valence-electron chi connectivity index (χ4n) is 3.18. The fraction of sp³-hybridized carbons (Fsp3) is 0.200. The molecule has 0 aromatic carbocycles. The van der Waals surface area contributed by atoms with Gasteiger partial charge in [-0.2, -0.15) is 23.2 Å². The van der Waals surface area contributed by atoms with Crippen LogP contribution in [-0.2, 0) is 10.0 Å². The Labute approximate surface area is 190 Å². The number of hydrogen-bond acceptors (Lipinski definition) is 7. The number of aromatic nitrogens is 4. The van der Waals surface area contributed by atoms with Gasteiger partial charge in [0.25, 0.3) is 0 Å². The van der Waals surface area contributed by atoms with Crippen LogP contribution in [0.15, 0.2) is 47.1 Å². The van der Waals surface area contributed by atoms with Gasteiger partial charge in [0.05, 0.1) is 16.9 Å². The lowest BCUT2D eigenvalue weighted by atomic mass is 10.1. The smallest absolute Gasteiger partial charge is 0.281 e. The first-order valence-corrected chi connectivity index (χ1v) is 11.8. The molecule has 4 aromatic heterocycles. The summed E-state index contributed by atoms with van der Waals surface area (Å²) in [5, 5.41) is 12.2. The lowest BCUT2D eigenvalue weighted by Crippen LogP contribution is -2.42. The van der Waals surface area contributed by atoms with E-state index in [-0.39, 0.29) is 11.3 Å². The standard InChI is InChI=1S/C20H15F3N6O2S2/c1-11-7-16-17(27-9-11)14(8-24)18(29(16)19-25-5-6-32-19)15-4-3-13(10-26-15)33(30,31)28-12(2)20(21,22)23/h3-7,9-10,12,28H,1-2H3/t12-/m0/s1. The van der Waals surface area contributed by atoms with E-state index in [4.69, 9.17) is 0 Å². The highest BCUT2D eigenvalue weighted by Gasteiger charge is 2.39. The summed E-state index contributed by atoms with van der Waals surface area (Å²) in [5.74, 6) is 0. The summed E-state index contributed by atoms with van der Waals surface area (Å²) < 4.78 is 66.4. The molecule has 1 atom stereocenters. The van der Waals surface area contributed by atoms with Crippen molar-refractivity contribution in [2.45, 2.75) is 31.0 Å². The predicted octanol–water partition coefficient (Wildman–Crippen LogP) is 3.95. The first kappa shape index (κ1) is 22.8. The summed E-state index contributed by atoms with van der Waals surface area (Å²) in [6, 6.07) is 4.17. The fourth-order valence-corrected chi connectivity index (χ4v) is 5.02. The lowest BCUT2D eigenvalue weighted by molar-refractivity contribution is -0.147. The zero-order valence-corrected chi connectivity index (χ0v) is 18.8. The van der Waals surface area contributed by atoms with Gasteiger partial charge in [-0.15, -0.1) is 11.3 Å². The van der Waals surface area contributed by atoms with Gasteiger partial charge in [0.15, 0.2) is 5.13 Å². The van der Waals surface area contributed by atoms with Crippen molar-refractivity contribution in [3.05, 3.63) is 53.3 Å². The van der Waals surface area contributed by atoms with Crippen LogP contribution in [0.5, 0.6) is 0 Å². The van der Waals surface area contributed by atoms with Gasteiger partial charge < -0.3 is 0 Å². The van der Waals surface area contributed by atoms with E-state index < -0.39 is 27.1 Å². The Morgan fingerprint density at radius 1 is 1.21 bits per heavy atom. The number of alkyl halides is 3. The molecule has 0 saturated carbocycles. The number of nitriles is 1. The highest BCUT2D eigenvalue weighted by molar-refractivity contribution is 7.89. The van der Waals surface area contributed by atoms with E-state index in [2.05, 4.69) is 21.0 Å². The molecule has 4 aromatic rings. The molecular formula is C20H15F3N6O2S2. The maximum Gasteiger partial charge on any atom is 0.404 e. The van der Waals surface area contributed by atoms with Crippen molar-refractivity contribution in [1.29, 1.82) is 5.26 Å². The maximum absolute atomic E-state index is 12.8. The second-order valence-corrected chi connectivity index (χ2v) is 9.72. The lowest BCUT2D eigenvalue weighted by Gasteiger charge is -2.17. The molecule has 0 unspecified atom stereocenters. The number of pyridine rings is 2. The van der Waals surface area contributed by atoms with Crippen LogP contribution in [-0.4, -0.2) is 40.2 Å². The normalized spacial score (nSPS) is 13.2. The van der Waals surface area contributed by atoms with Crippen LogP contribution in [0, 0.1) is 18.3 Å². The van der Waals surface area contributed by atoms with E-state index in [0.29, 0.717) is 28.8 Å². The van der Waals surface area contributed by atoms with Crippen molar-refractivity contribution < 1.29 is 21.6 Å². The third kappa shape index (κ3) is 4.20. The van der Waals surface area contributed by atoms with Gasteiger partial charge in [-0.1, -0.05) is 0 Å². The average Bonchev–Trinajstić information content (AvgIpc) is 3.38. The van der Waals surface area contributed by atoms with Crippen molar-refractivity contribution in [2.24, 2.45) is 0 Å². The molecule has 4 heterocycles. The summed E-state index contributed by atoms with van der Waals surface area (Å²) in [5.41, 5.74) is 2.70. The third-order valence-corrected chi connectivity index (χ3v) is 7.06. The minimum Gasteiger partial charge on any atom is -0.281 e. The molecular weight excluding hydrogens is 477 g/mol. The van der Waals surface area contributed by atoms with E-state index in [1.54, 1.807) is 27.1 Å². The molecule has 0 aliphatic heterocycles. The minimum absolute atomic E-state index is 0.215. The van der Waals surface area contributed by atoms with Crippen molar-refractivity contribution >= 4 is 32.4 Å². The number of aryl methyl sites for hydroxylation is 1. The molecule has 170 valence electrons. The Hall–Kier alpha value is -3.34. The molecule has 0 aliphatic rings. The summed E-state index contributed by atoms with van der Waals surface area (Å²) in [6.07, 6.45) is -0.566. The Bertz CT molecular complexity index is 1470. The Kier molecular flexibility index (Phi) is 5.69. The second kappa shape index (κ2) is 8.22. The first-order valence-electron chi connectivity index (χ1n) is 9.39. The van der Waals surface area contributed by atoms with E-state index in [1.165, 1.54) is 17.4 Å². The van der Waals surface area contributed by atoms with Gasteiger partial charge in [-0.25, -0.2) is 13.4 Å². The molecule has 33 heavy (non-hydrogen) atoms. The maximum atomic E-state index is 12.8. The Balaban J connectivity index is 1.85. The second-order valence-electron chi connectivity index (χ2n) is 7.13. The van der Waals surface area contributed by atoms with Gasteiger partial charge >= 0.3 is 6.18 Å². The number of fused-ring (bicyclic) bond motifs is 1. The number of rotatable bonds is 5. The topological polar surface area (TPSA) is 114 Å². The quantitative estimate of drug-likeness (QED) is 0.451. The predicted molar refractivity (Wildman–Crippen MR) is 115 cm³/mol. The van der Waals surface area contributed by atoms with E-state index in [1.807, 2.05) is 13.0 Å². The molecule has 0 fully saturated rings. The average molecular weight is 493 g/mol. The molecule has 4 rings (SSSR count). The van der Waals surface area contributed by atoms with Crippen LogP contribution >= 0.6 is 11.3 Å². The molecule has 0 saturated heterocycles. The Morgan fingerprint density at radius 3 is 2.55 bits per heavy atom. The number of nitrogens with one attached hydrogen (secondary N) is 1. The van der Waals surface area contributed by atoms with Crippen molar-refractivity contribution in [3.63, 3.8) is 0 Å². The summed E-state index contributed by atoms with van der Waals surface area (Å²) in [7, 11) is -4.47. The van der Waals surface area contributed by atoms with Crippen LogP contribution in [0.1, 0.15) is 18.1 Å².